The third-order valence-corrected chi connectivity index (χ3v) is 4.86. The van der Waals surface area contributed by atoms with Gasteiger partial charge in [0.15, 0.2) is 12.6 Å². The molecule has 0 atom stereocenters. The molecule has 2 aromatic rings. The van der Waals surface area contributed by atoms with Gasteiger partial charge in [0.25, 0.3) is 5.91 Å². The molecular formula is C22H29N5O2. The monoisotopic (exact) mass is 395 g/mol. The molecule has 0 saturated carbocycles. The minimum Gasteiger partial charge on any atom is -0.484 e. The average molecular weight is 396 g/mol. The van der Waals surface area contributed by atoms with Gasteiger partial charge in [-0.2, -0.15) is 0 Å². The van der Waals surface area contributed by atoms with Crippen molar-refractivity contribution < 1.29 is 9.53 Å². The normalized spacial score (nSPS) is 15.2. The highest BCUT2D eigenvalue weighted by molar-refractivity contribution is 5.80. The molecule has 1 aliphatic heterocycles. The van der Waals surface area contributed by atoms with Crippen molar-refractivity contribution in [1.29, 1.82) is 0 Å². The minimum absolute atomic E-state index is 0.119. The van der Waals surface area contributed by atoms with Crippen molar-refractivity contribution in [3.8, 4) is 5.75 Å². The molecule has 154 valence electrons. The second-order valence-corrected chi connectivity index (χ2v) is 7.05. The van der Waals surface area contributed by atoms with Crippen LogP contribution < -0.4 is 15.8 Å². The highest BCUT2D eigenvalue weighted by Gasteiger charge is 2.19. The van der Waals surface area contributed by atoms with Crippen molar-refractivity contribution in [1.82, 2.24) is 15.1 Å². The van der Waals surface area contributed by atoms with Crippen molar-refractivity contribution in [2.75, 3.05) is 39.8 Å². The van der Waals surface area contributed by atoms with Gasteiger partial charge in [0.05, 0.1) is 0 Å². The molecule has 0 aromatic heterocycles. The SMILES string of the molecule is CN=C(NCc1cccc(OCC(N)=O)c1)N1CCN(Cc2ccccc2)CC1. The second kappa shape index (κ2) is 10.5. The Bertz CT molecular complexity index is 817. The summed E-state index contributed by atoms with van der Waals surface area (Å²) in [6.45, 7) is 5.38. The number of ether oxygens (including phenoxy) is 1. The summed E-state index contributed by atoms with van der Waals surface area (Å²) in [6, 6.07) is 18.2. The first kappa shape index (κ1) is 20.7. The highest BCUT2D eigenvalue weighted by Crippen LogP contribution is 2.13. The zero-order valence-corrected chi connectivity index (χ0v) is 16.9. The summed E-state index contributed by atoms with van der Waals surface area (Å²) in [6.07, 6.45) is 0. The first-order valence-corrected chi connectivity index (χ1v) is 9.86. The van der Waals surface area contributed by atoms with E-state index in [1.165, 1.54) is 5.56 Å². The third kappa shape index (κ3) is 6.50. The molecule has 2 aromatic carbocycles. The molecule has 29 heavy (non-hydrogen) atoms. The Labute approximate surface area is 172 Å². The fraction of sp³-hybridized carbons (Fsp3) is 0.364. The number of nitrogens with zero attached hydrogens (tertiary/aromatic N) is 3. The van der Waals surface area contributed by atoms with Gasteiger partial charge in [0.2, 0.25) is 0 Å². The van der Waals surface area contributed by atoms with E-state index in [9.17, 15) is 4.79 Å². The van der Waals surface area contributed by atoms with E-state index in [2.05, 4.69) is 50.4 Å². The Morgan fingerprint density at radius 3 is 2.48 bits per heavy atom. The quantitative estimate of drug-likeness (QED) is 0.548. The maximum absolute atomic E-state index is 10.9. The molecule has 7 nitrogen and oxygen atoms in total. The first-order valence-electron chi connectivity index (χ1n) is 9.86. The van der Waals surface area contributed by atoms with Gasteiger partial charge in [-0.25, -0.2) is 0 Å². The van der Waals surface area contributed by atoms with Gasteiger partial charge in [-0.15, -0.1) is 0 Å². The highest BCUT2D eigenvalue weighted by atomic mass is 16.5. The molecule has 3 N–H and O–H groups in total. The number of primary amides is 1. The van der Waals surface area contributed by atoms with E-state index >= 15 is 0 Å². The Balaban J connectivity index is 1.47. The number of aliphatic imine (C=N–C) groups is 1. The van der Waals surface area contributed by atoms with E-state index in [-0.39, 0.29) is 6.61 Å². The minimum atomic E-state index is -0.486. The van der Waals surface area contributed by atoms with Crippen LogP contribution >= 0.6 is 0 Å². The summed E-state index contributed by atoms with van der Waals surface area (Å²) in [5.41, 5.74) is 7.53. The van der Waals surface area contributed by atoms with Crippen LogP contribution in [0, 0.1) is 0 Å². The maximum Gasteiger partial charge on any atom is 0.255 e. The van der Waals surface area contributed by atoms with Gasteiger partial charge in [0.1, 0.15) is 5.75 Å². The summed E-state index contributed by atoms with van der Waals surface area (Å²) < 4.78 is 5.37. The number of nitrogens with two attached hydrogens (primary N) is 1. The number of amides is 1. The van der Waals surface area contributed by atoms with E-state index < -0.39 is 5.91 Å². The molecule has 0 unspecified atom stereocenters. The molecule has 0 radical (unpaired) electrons. The van der Waals surface area contributed by atoms with Gasteiger partial charge >= 0.3 is 0 Å². The lowest BCUT2D eigenvalue weighted by atomic mass is 10.2. The summed E-state index contributed by atoms with van der Waals surface area (Å²) in [5, 5.41) is 3.42. The van der Waals surface area contributed by atoms with Crippen LogP contribution in [0.4, 0.5) is 0 Å². The number of piperazine rings is 1. The lowest BCUT2D eigenvalue weighted by molar-refractivity contribution is -0.119. The number of rotatable bonds is 7. The summed E-state index contributed by atoms with van der Waals surface area (Å²) in [5.74, 6) is 1.04. The molecule has 1 heterocycles. The number of carbonyl (C=O) groups is 1. The average Bonchev–Trinajstić information content (AvgIpc) is 2.75. The van der Waals surface area contributed by atoms with E-state index in [0.717, 1.165) is 44.2 Å². The number of benzene rings is 2. The van der Waals surface area contributed by atoms with Gasteiger partial charge < -0.3 is 20.7 Å². The standard InChI is InChI=1S/C22H29N5O2/c1-24-22(25-15-19-8-5-9-20(14-19)29-17-21(23)28)27-12-10-26(11-13-27)16-18-6-3-2-4-7-18/h2-9,14H,10-13,15-17H2,1H3,(H2,23,28)(H,24,25). The zero-order valence-electron chi connectivity index (χ0n) is 16.9. The first-order chi connectivity index (χ1) is 14.1. The maximum atomic E-state index is 10.9. The molecule has 1 fully saturated rings. The molecule has 0 bridgehead atoms. The van der Waals surface area contributed by atoms with Crippen LogP contribution in [-0.4, -0.2) is 61.5 Å². The molecule has 1 aliphatic rings. The van der Waals surface area contributed by atoms with Crippen molar-refractivity contribution in [2.24, 2.45) is 10.7 Å². The lowest BCUT2D eigenvalue weighted by Crippen LogP contribution is -2.52. The summed E-state index contributed by atoms with van der Waals surface area (Å²) in [4.78, 5) is 20.1. The second-order valence-electron chi connectivity index (χ2n) is 7.05. The fourth-order valence-electron chi connectivity index (χ4n) is 3.37. The summed E-state index contributed by atoms with van der Waals surface area (Å²) in [7, 11) is 1.81. The largest absolute Gasteiger partial charge is 0.484 e. The van der Waals surface area contributed by atoms with Crippen molar-refractivity contribution in [3.05, 3.63) is 65.7 Å². The van der Waals surface area contributed by atoms with Gasteiger partial charge in [-0.1, -0.05) is 42.5 Å². The van der Waals surface area contributed by atoms with Crippen LogP contribution in [0.1, 0.15) is 11.1 Å². The van der Waals surface area contributed by atoms with Crippen molar-refractivity contribution in [3.63, 3.8) is 0 Å². The molecule has 1 saturated heterocycles. The number of hydrogen-bond acceptors (Lipinski definition) is 4. The fourth-order valence-corrected chi connectivity index (χ4v) is 3.37. The Morgan fingerprint density at radius 2 is 1.79 bits per heavy atom. The Kier molecular flexibility index (Phi) is 7.47. The number of hydrogen-bond donors (Lipinski definition) is 2. The van der Waals surface area contributed by atoms with Gasteiger partial charge in [-0.05, 0) is 23.3 Å². The van der Waals surface area contributed by atoms with Crippen LogP contribution in [-0.2, 0) is 17.9 Å². The Morgan fingerprint density at radius 1 is 1.07 bits per heavy atom. The van der Waals surface area contributed by atoms with Gasteiger partial charge in [0, 0.05) is 46.3 Å². The molecular weight excluding hydrogens is 366 g/mol. The smallest absolute Gasteiger partial charge is 0.255 e. The van der Waals surface area contributed by atoms with Crippen LogP contribution in [0.25, 0.3) is 0 Å². The molecule has 0 spiro atoms. The van der Waals surface area contributed by atoms with E-state index in [0.29, 0.717) is 12.3 Å². The molecule has 3 rings (SSSR count). The molecule has 0 aliphatic carbocycles. The Hall–Kier alpha value is -3.06. The topological polar surface area (TPSA) is 83.2 Å². The van der Waals surface area contributed by atoms with Crippen molar-refractivity contribution in [2.45, 2.75) is 13.1 Å². The number of guanidine groups is 1. The van der Waals surface area contributed by atoms with Crippen LogP contribution in [0.15, 0.2) is 59.6 Å². The zero-order chi connectivity index (χ0) is 20.5. The van der Waals surface area contributed by atoms with E-state index in [1.54, 1.807) is 0 Å². The van der Waals surface area contributed by atoms with Crippen LogP contribution in [0.3, 0.4) is 0 Å². The van der Waals surface area contributed by atoms with E-state index in [1.807, 2.05) is 31.3 Å². The lowest BCUT2D eigenvalue weighted by Gasteiger charge is -2.36. The third-order valence-electron chi connectivity index (χ3n) is 4.86. The number of nitrogens with one attached hydrogen (secondary N) is 1. The molecule has 7 heteroatoms. The van der Waals surface area contributed by atoms with E-state index in [4.69, 9.17) is 10.5 Å². The van der Waals surface area contributed by atoms with Gasteiger partial charge in [-0.3, -0.25) is 14.7 Å². The van der Waals surface area contributed by atoms with Crippen LogP contribution in [0.5, 0.6) is 5.75 Å². The predicted octanol–water partition coefficient (Wildman–Crippen LogP) is 1.44. The summed E-state index contributed by atoms with van der Waals surface area (Å²) >= 11 is 0. The number of carbonyl (C=O) groups excluding carboxylic acids is 1. The molecule has 1 amide bonds. The van der Waals surface area contributed by atoms with Crippen LogP contribution in [0.2, 0.25) is 0 Å². The van der Waals surface area contributed by atoms with Crippen molar-refractivity contribution >= 4 is 11.9 Å². The predicted molar refractivity (Wildman–Crippen MR) is 115 cm³/mol.